The summed E-state index contributed by atoms with van der Waals surface area (Å²) in [5.74, 6) is 1.58. The summed E-state index contributed by atoms with van der Waals surface area (Å²) in [5.41, 5.74) is 1.69. The number of furan rings is 1. The smallest absolute Gasteiger partial charge is 0.266 e. The van der Waals surface area contributed by atoms with E-state index in [0.29, 0.717) is 33.3 Å². The Bertz CT molecular complexity index is 1130. The van der Waals surface area contributed by atoms with Crippen LogP contribution >= 0.6 is 23.2 Å². The minimum Gasteiger partial charge on any atom is -0.461 e. The Balaban J connectivity index is 1.46. The number of anilines is 1. The summed E-state index contributed by atoms with van der Waals surface area (Å²) in [6, 6.07) is 20.6. The molecule has 0 radical (unpaired) electrons. The van der Waals surface area contributed by atoms with Crippen LogP contribution in [-0.2, 0) is 4.79 Å². The molecule has 1 fully saturated rings. The Morgan fingerprint density at radius 1 is 1.07 bits per heavy atom. The van der Waals surface area contributed by atoms with Gasteiger partial charge in [-0.1, -0.05) is 53.5 Å². The Kier molecular flexibility index (Phi) is 5.44. The molecule has 4 rings (SSSR count). The van der Waals surface area contributed by atoms with Crippen LogP contribution in [0, 0.1) is 11.3 Å². The molecule has 1 aliphatic carbocycles. The molecule has 1 heterocycles. The van der Waals surface area contributed by atoms with Crippen molar-refractivity contribution < 1.29 is 9.21 Å². The van der Waals surface area contributed by atoms with E-state index in [2.05, 4.69) is 17.4 Å². The van der Waals surface area contributed by atoms with Gasteiger partial charge >= 0.3 is 0 Å². The van der Waals surface area contributed by atoms with Crippen LogP contribution in [0.5, 0.6) is 0 Å². The topological polar surface area (TPSA) is 66.0 Å². The van der Waals surface area contributed by atoms with E-state index in [1.807, 2.05) is 30.3 Å². The minimum absolute atomic E-state index is 0.0626. The maximum atomic E-state index is 12.4. The molecule has 6 heteroatoms. The summed E-state index contributed by atoms with van der Waals surface area (Å²) in [4.78, 5) is 12.4. The lowest BCUT2D eigenvalue weighted by atomic mass is 10.1. The molecule has 3 aromatic rings. The number of nitriles is 1. The molecule has 1 saturated carbocycles. The molecule has 0 bridgehead atoms. The number of nitrogens with one attached hydrogen (secondary N) is 1. The SMILES string of the molecule is N#CC(=Cc1ccc(C2CC2c2ccccc2)o1)C(=O)Nc1ccc(Cl)c(Cl)c1. The van der Waals surface area contributed by atoms with Gasteiger partial charge in [0.1, 0.15) is 23.2 Å². The second-order valence-electron chi connectivity index (χ2n) is 6.85. The first kappa shape index (κ1) is 19.3. The first-order chi connectivity index (χ1) is 14.0. The van der Waals surface area contributed by atoms with Crippen molar-refractivity contribution in [2.75, 3.05) is 5.32 Å². The summed E-state index contributed by atoms with van der Waals surface area (Å²) in [6.45, 7) is 0. The van der Waals surface area contributed by atoms with Crippen molar-refractivity contribution in [1.82, 2.24) is 0 Å². The van der Waals surface area contributed by atoms with Crippen LogP contribution in [0.4, 0.5) is 5.69 Å². The number of rotatable bonds is 5. The van der Waals surface area contributed by atoms with Gasteiger partial charge in [0.2, 0.25) is 0 Å². The lowest BCUT2D eigenvalue weighted by Crippen LogP contribution is -2.13. The lowest BCUT2D eigenvalue weighted by molar-refractivity contribution is -0.112. The second-order valence-corrected chi connectivity index (χ2v) is 7.67. The number of nitrogens with zero attached hydrogens (tertiary/aromatic N) is 1. The molecule has 2 unspecified atom stereocenters. The summed E-state index contributed by atoms with van der Waals surface area (Å²) in [6.07, 6.45) is 2.47. The molecule has 0 spiro atoms. The fraction of sp³-hybridized carbons (Fsp3) is 0.130. The fourth-order valence-electron chi connectivity index (χ4n) is 3.29. The van der Waals surface area contributed by atoms with Crippen molar-refractivity contribution in [2.45, 2.75) is 18.3 Å². The molecule has 1 aromatic heterocycles. The fourth-order valence-corrected chi connectivity index (χ4v) is 3.58. The Hall–Kier alpha value is -3.00. The number of carbonyl (C=O) groups is 1. The second kappa shape index (κ2) is 8.16. The van der Waals surface area contributed by atoms with Crippen molar-refractivity contribution >= 4 is 40.9 Å². The molecule has 1 N–H and O–H groups in total. The molecule has 4 nitrogen and oxygen atoms in total. The minimum atomic E-state index is -0.544. The van der Waals surface area contributed by atoms with E-state index in [1.54, 1.807) is 18.2 Å². The lowest BCUT2D eigenvalue weighted by Gasteiger charge is -2.05. The van der Waals surface area contributed by atoms with Gasteiger partial charge in [-0.2, -0.15) is 5.26 Å². The Morgan fingerprint density at radius 3 is 2.59 bits per heavy atom. The highest BCUT2D eigenvalue weighted by Gasteiger charge is 2.41. The highest BCUT2D eigenvalue weighted by atomic mass is 35.5. The van der Waals surface area contributed by atoms with Gasteiger partial charge in [0.15, 0.2) is 0 Å². The van der Waals surface area contributed by atoms with Crippen molar-refractivity contribution in [3.8, 4) is 6.07 Å². The van der Waals surface area contributed by atoms with Crippen LogP contribution in [-0.4, -0.2) is 5.91 Å². The van der Waals surface area contributed by atoms with E-state index in [9.17, 15) is 10.1 Å². The van der Waals surface area contributed by atoms with E-state index < -0.39 is 5.91 Å². The number of benzene rings is 2. The predicted molar refractivity (Wildman–Crippen MR) is 114 cm³/mol. The van der Waals surface area contributed by atoms with Crippen molar-refractivity contribution in [1.29, 1.82) is 5.26 Å². The molecule has 0 aliphatic heterocycles. The zero-order chi connectivity index (χ0) is 20.4. The predicted octanol–water partition coefficient (Wildman–Crippen LogP) is 6.40. The van der Waals surface area contributed by atoms with Crippen molar-refractivity contribution in [3.63, 3.8) is 0 Å². The number of carbonyl (C=O) groups excluding carboxylic acids is 1. The average molecular weight is 423 g/mol. The molecular weight excluding hydrogens is 407 g/mol. The standard InChI is InChI=1S/C23H16Cl2N2O2/c24-20-8-6-16(11-21(20)25)27-23(28)15(13-26)10-17-7-9-22(29-17)19-12-18(19)14-4-2-1-3-5-14/h1-11,18-19H,12H2,(H,27,28). The van der Waals surface area contributed by atoms with Crippen molar-refractivity contribution in [2.24, 2.45) is 0 Å². The summed E-state index contributed by atoms with van der Waals surface area (Å²) in [7, 11) is 0. The normalized spacial score (nSPS) is 18.2. The van der Waals surface area contributed by atoms with Crippen LogP contribution in [0.3, 0.4) is 0 Å². The van der Waals surface area contributed by atoms with Gasteiger partial charge in [-0.3, -0.25) is 4.79 Å². The number of halogens is 2. The maximum Gasteiger partial charge on any atom is 0.266 e. The van der Waals surface area contributed by atoms with Gasteiger partial charge in [-0.15, -0.1) is 0 Å². The Labute approximate surface area is 178 Å². The molecule has 2 aromatic carbocycles. The molecule has 0 saturated heterocycles. The zero-order valence-corrected chi connectivity index (χ0v) is 16.7. The maximum absolute atomic E-state index is 12.4. The highest BCUT2D eigenvalue weighted by molar-refractivity contribution is 6.42. The van der Waals surface area contributed by atoms with Crippen LogP contribution in [0.1, 0.15) is 35.3 Å². The zero-order valence-electron chi connectivity index (χ0n) is 15.2. The van der Waals surface area contributed by atoms with Crippen LogP contribution < -0.4 is 5.32 Å². The van der Waals surface area contributed by atoms with E-state index in [1.165, 1.54) is 17.7 Å². The van der Waals surface area contributed by atoms with E-state index >= 15 is 0 Å². The third-order valence-electron chi connectivity index (χ3n) is 4.86. The molecular formula is C23H16Cl2N2O2. The van der Waals surface area contributed by atoms with E-state index in [0.717, 1.165) is 12.2 Å². The average Bonchev–Trinajstić information content (AvgIpc) is 3.40. The molecule has 1 amide bonds. The van der Waals surface area contributed by atoms with Crippen LogP contribution in [0.2, 0.25) is 10.0 Å². The van der Waals surface area contributed by atoms with Gasteiger partial charge in [-0.25, -0.2) is 0 Å². The quantitative estimate of drug-likeness (QED) is 0.381. The van der Waals surface area contributed by atoms with Gasteiger partial charge in [0.05, 0.1) is 10.0 Å². The third kappa shape index (κ3) is 4.37. The molecule has 29 heavy (non-hydrogen) atoms. The first-order valence-corrected chi connectivity index (χ1v) is 9.83. The number of hydrogen-bond donors (Lipinski definition) is 1. The number of hydrogen-bond acceptors (Lipinski definition) is 3. The highest BCUT2D eigenvalue weighted by Crippen LogP contribution is 2.54. The van der Waals surface area contributed by atoms with Gasteiger partial charge in [0, 0.05) is 17.7 Å². The molecule has 2 atom stereocenters. The van der Waals surface area contributed by atoms with E-state index in [-0.39, 0.29) is 5.57 Å². The van der Waals surface area contributed by atoms with Gasteiger partial charge in [0.25, 0.3) is 5.91 Å². The van der Waals surface area contributed by atoms with Crippen LogP contribution in [0.25, 0.3) is 6.08 Å². The first-order valence-electron chi connectivity index (χ1n) is 9.08. The van der Waals surface area contributed by atoms with Gasteiger partial charge in [-0.05, 0) is 48.2 Å². The Morgan fingerprint density at radius 2 is 1.86 bits per heavy atom. The van der Waals surface area contributed by atoms with E-state index in [4.69, 9.17) is 27.6 Å². The monoisotopic (exact) mass is 422 g/mol. The van der Waals surface area contributed by atoms with Crippen LogP contribution in [0.15, 0.2) is 70.7 Å². The van der Waals surface area contributed by atoms with Crippen molar-refractivity contribution in [3.05, 3.63) is 93.4 Å². The molecule has 144 valence electrons. The third-order valence-corrected chi connectivity index (χ3v) is 5.60. The summed E-state index contributed by atoms with van der Waals surface area (Å²) >= 11 is 11.8. The largest absolute Gasteiger partial charge is 0.461 e. The summed E-state index contributed by atoms with van der Waals surface area (Å²) in [5, 5.41) is 12.7. The number of amides is 1. The summed E-state index contributed by atoms with van der Waals surface area (Å²) < 4.78 is 5.88. The molecule has 1 aliphatic rings. The van der Waals surface area contributed by atoms with Gasteiger partial charge < -0.3 is 9.73 Å².